The summed E-state index contributed by atoms with van der Waals surface area (Å²) in [5, 5.41) is 0. The molecule has 1 aliphatic carbocycles. The second kappa shape index (κ2) is 7.15. The third kappa shape index (κ3) is 5.17. The van der Waals surface area contributed by atoms with Gasteiger partial charge < -0.3 is 0 Å². The van der Waals surface area contributed by atoms with Crippen LogP contribution in [0.3, 0.4) is 0 Å². The van der Waals surface area contributed by atoms with Crippen molar-refractivity contribution in [3.05, 3.63) is 30.7 Å². The highest BCUT2D eigenvalue weighted by molar-refractivity contribution is 5.02. The Balaban J connectivity index is 2.21. The van der Waals surface area contributed by atoms with Gasteiger partial charge in [0.1, 0.15) is 0 Å². The second-order valence-electron chi connectivity index (χ2n) is 3.36. The predicted octanol–water partition coefficient (Wildman–Crippen LogP) is 4.05. The lowest BCUT2D eigenvalue weighted by molar-refractivity contribution is 0.667. The molecule has 67 valence electrons. The molecule has 0 fully saturated rings. The van der Waals surface area contributed by atoms with E-state index in [-0.39, 0.29) is 0 Å². The van der Waals surface area contributed by atoms with Gasteiger partial charge in [-0.05, 0) is 32.1 Å². The predicted molar refractivity (Wildman–Crippen MR) is 54.9 cm³/mol. The van der Waals surface area contributed by atoms with E-state index < -0.39 is 0 Å². The summed E-state index contributed by atoms with van der Waals surface area (Å²) in [7, 11) is 0. The van der Waals surface area contributed by atoms with Gasteiger partial charge in [-0.1, -0.05) is 43.6 Å². The molecule has 0 atom stereocenters. The van der Waals surface area contributed by atoms with Crippen LogP contribution in [0.2, 0.25) is 0 Å². The van der Waals surface area contributed by atoms with Gasteiger partial charge in [0.15, 0.2) is 0 Å². The summed E-state index contributed by atoms with van der Waals surface area (Å²) in [6.45, 7) is 0. The van der Waals surface area contributed by atoms with Crippen LogP contribution in [-0.2, 0) is 0 Å². The molecule has 0 spiro atoms. The molecule has 0 aliphatic heterocycles. The zero-order valence-electron chi connectivity index (χ0n) is 7.84. The molecular weight excluding hydrogens is 144 g/mol. The highest BCUT2D eigenvalue weighted by Gasteiger charge is 1.90. The van der Waals surface area contributed by atoms with Crippen LogP contribution in [0.4, 0.5) is 0 Å². The van der Waals surface area contributed by atoms with E-state index in [9.17, 15) is 0 Å². The third-order valence-electron chi connectivity index (χ3n) is 2.20. The van der Waals surface area contributed by atoms with Gasteiger partial charge in [-0.3, -0.25) is 0 Å². The first-order valence-electron chi connectivity index (χ1n) is 5.13. The molecule has 0 saturated heterocycles. The Bertz CT molecular complexity index is 124. The Morgan fingerprint density at radius 2 is 1.33 bits per heavy atom. The maximum absolute atomic E-state index is 2.43. The van der Waals surface area contributed by atoms with E-state index >= 15 is 0 Å². The van der Waals surface area contributed by atoms with Crippen molar-refractivity contribution in [3.8, 4) is 0 Å². The largest absolute Gasteiger partial charge is 0.0845 e. The van der Waals surface area contributed by atoms with Gasteiger partial charge in [-0.25, -0.2) is 0 Å². The van der Waals surface area contributed by atoms with E-state index in [1.807, 2.05) is 0 Å². The molecule has 0 aromatic heterocycles. The average molecular weight is 163 g/mol. The quantitative estimate of drug-likeness (QED) is 0.505. The molecule has 12 heavy (non-hydrogen) atoms. The summed E-state index contributed by atoms with van der Waals surface area (Å²) < 4.78 is 0. The fraction of sp³-hybridized carbons (Fsp3) is 0.583. The van der Waals surface area contributed by atoms with Gasteiger partial charge in [-0.15, -0.1) is 0 Å². The summed E-state index contributed by atoms with van der Waals surface area (Å²) in [4.78, 5) is 0. The number of hydrogen-bond acceptors (Lipinski definition) is 0. The number of rotatable bonds is 0. The smallest absolute Gasteiger partial charge is 0.0345 e. The van der Waals surface area contributed by atoms with Gasteiger partial charge in [0.05, 0.1) is 0 Å². The van der Waals surface area contributed by atoms with E-state index in [1.165, 1.54) is 44.9 Å². The van der Waals surface area contributed by atoms with Crippen molar-refractivity contribution < 1.29 is 0 Å². The van der Waals surface area contributed by atoms with Crippen LogP contribution in [0.15, 0.2) is 24.3 Å². The molecule has 0 bridgehead atoms. The van der Waals surface area contributed by atoms with Crippen molar-refractivity contribution >= 4 is 0 Å². The molecule has 0 saturated carbocycles. The number of allylic oxidation sites excluding steroid dienone is 4. The van der Waals surface area contributed by atoms with E-state index in [1.54, 1.807) is 0 Å². The van der Waals surface area contributed by atoms with Crippen LogP contribution in [0.1, 0.15) is 44.9 Å². The minimum atomic E-state index is 1.21. The molecular formula is C12H19. The molecule has 0 heteroatoms. The van der Waals surface area contributed by atoms with Gasteiger partial charge in [0.2, 0.25) is 0 Å². The second-order valence-corrected chi connectivity index (χ2v) is 3.36. The Hall–Kier alpha value is -0.520. The van der Waals surface area contributed by atoms with E-state index in [0.29, 0.717) is 0 Å². The maximum atomic E-state index is 2.43. The fourth-order valence-electron chi connectivity index (χ4n) is 1.44. The lowest BCUT2D eigenvalue weighted by Crippen LogP contribution is -1.81. The molecule has 1 rings (SSSR count). The zero-order chi connectivity index (χ0) is 8.49. The van der Waals surface area contributed by atoms with Crippen molar-refractivity contribution in [2.24, 2.45) is 0 Å². The Labute approximate surface area is 76.4 Å². The van der Waals surface area contributed by atoms with E-state index in [2.05, 4.69) is 30.7 Å². The first-order valence-corrected chi connectivity index (χ1v) is 5.13. The van der Waals surface area contributed by atoms with Gasteiger partial charge in [0.25, 0.3) is 0 Å². The van der Waals surface area contributed by atoms with Crippen LogP contribution < -0.4 is 0 Å². The molecule has 0 unspecified atom stereocenters. The Morgan fingerprint density at radius 3 is 2.25 bits per heavy atom. The minimum absolute atomic E-state index is 1.21. The summed E-state index contributed by atoms with van der Waals surface area (Å²) in [5.41, 5.74) is 0. The third-order valence-corrected chi connectivity index (χ3v) is 2.20. The summed E-state index contributed by atoms with van der Waals surface area (Å²) in [6.07, 6.45) is 20.5. The monoisotopic (exact) mass is 163 g/mol. The molecule has 0 nitrogen and oxygen atoms in total. The van der Waals surface area contributed by atoms with E-state index in [4.69, 9.17) is 0 Å². The molecule has 0 aromatic carbocycles. The van der Waals surface area contributed by atoms with Crippen molar-refractivity contribution in [2.45, 2.75) is 44.9 Å². The normalized spacial score (nSPS) is 21.3. The van der Waals surface area contributed by atoms with Gasteiger partial charge >= 0.3 is 0 Å². The van der Waals surface area contributed by atoms with Crippen LogP contribution in [-0.4, -0.2) is 0 Å². The van der Waals surface area contributed by atoms with Gasteiger partial charge in [0, 0.05) is 0 Å². The van der Waals surface area contributed by atoms with Crippen LogP contribution in [0.5, 0.6) is 0 Å². The van der Waals surface area contributed by atoms with Crippen LogP contribution in [0.25, 0.3) is 0 Å². The SMILES string of the molecule is [CH]1CCC=CC=CCCCCC1. The number of hydrogen-bond donors (Lipinski definition) is 0. The Morgan fingerprint density at radius 1 is 0.583 bits per heavy atom. The standard InChI is InChI=1S/C12H19/c1-2-4-6-8-10-12-11-9-7-5-3-1/h1-4,9H,5-8,10-12H2. The highest BCUT2D eigenvalue weighted by atomic mass is 14.0. The lowest BCUT2D eigenvalue weighted by Gasteiger charge is -1.99. The lowest BCUT2D eigenvalue weighted by atomic mass is 10.1. The Kier molecular flexibility index (Phi) is 5.70. The van der Waals surface area contributed by atoms with E-state index in [0.717, 1.165) is 0 Å². The fourth-order valence-corrected chi connectivity index (χ4v) is 1.44. The first-order chi connectivity index (χ1) is 6.00. The zero-order valence-corrected chi connectivity index (χ0v) is 7.84. The first kappa shape index (κ1) is 9.57. The molecule has 1 radical (unpaired) electrons. The van der Waals surface area contributed by atoms with Crippen molar-refractivity contribution in [1.82, 2.24) is 0 Å². The summed E-state index contributed by atoms with van der Waals surface area (Å²) >= 11 is 0. The maximum Gasteiger partial charge on any atom is -0.0345 e. The van der Waals surface area contributed by atoms with Crippen molar-refractivity contribution in [1.29, 1.82) is 0 Å². The highest BCUT2D eigenvalue weighted by Crippen LogP contribution is 2.09. The molecule has 0 heterocycles. The molecule has 0 N–H and O–H groups in total. The van der Waals surface area contributed by atoms with Crippen LogP contribution in [0, 0.1) is 6.42 Å². The minimum Gasteiger partial charge on any atom is -0.0845 e. The molecule has 1 aliphatic rings. The molecule has 0 amide bonds. The summed E-state index contributed by atoms with van der Waals surface area (Å²) in [5.74, 6) is 0. The van der Waals surface area contributed by atoms with Crippen LogP contribution >= 0.6 is 0 Å². The summed E-state index contributed by atoms with van der Waals surface area (Å²) in [6, 6.07) is 0. The average Bonchev–Trinajstić information content (AvgIpc) is 2.05. The topological polar surface area (TPSA) is 0 Å². The van der Waals surface area contributed by atoms with Crippen molar-refractivity contribution in [2.75, 3.05) is 0 Å². The van der Waals surface area contributed by atoms with Crippen molar-refractivity contribution in [3.63, 3.8) is 0 Å². The van der Waals surface area contributed by atoms with Gasteiger partial charge in [-0.2, -0.15) is 0 Å². The molecule has 0 aromatic rings.